The van der Waals surface area contributed by atoms with Crippen LogP contribution in [0.15, 0.2) is 56.1 Å². The zero-order chi connectivity index (χ0) is 20.3. The van der Waals surface area contributed by atoms with E-state index in [9.17, 15) is 14.4 Å². The number of hydrazine groups is 1. The Morgan fingerprint density at radius 3 is 2.61 bits per heavy atom. The van der Waals surface area contributed by atoms with E-state index < -0.39 is 24.0 Å². The maximum Gasteiger partial charge on any atom is 0.349 e. The highest BCUT2D eigenvalue weighted by atomic mass is 79.9. The van der Waals surface area contributed by atoms with Gasteiger partial charge in [-0.2, -0.15) is 0 Å². The van der Waals surface area contributed by atoms with Crippen molar-refractivity contribution in [3.05, 3.63) is 73.0 Å². The Kier molecular flexibility index (Phi) is 6.23. The minimum absolute atomic E-state index is 0.240. The Morgan fingerprint density at radius 2 is 1.86 bits per heavy atom. The Labute approximate surface area is 176 Å². The number of nitrogens with one attached hydrogen (secondary N) is 2. The first kappa shape index (κ1) is 20.2. The maximum atomic E-state index is 12.2. The molecule has 1 aromatic heterocycles. The fourth-order valence-corrected chi connectivity index (χ4v) is 3.06. The summed E-state index contributed by atoms with van der Waals surface area (Å²) in [5.74, 6) is -1.23. The summed E-state index contributed by atoms with van der Waals surface area (Å²) in [6, 6.07) is 10.9. The highest BCUT2D eigenvalue weighted by molar-refractivity contribution is 9.10. The number of benzene rings is 2. The fourth-order valence-electron chi connectivity index (χ4n) is 2.22. The lowest BCUT2D eigenvalue weighted by Gasteiger charge is -2.10. The Morgan fingerprint density at radius 1 is 1.07 bits per heavy atom. The minimum atomic E-state index is -0.828. The van der Waals surface area contributed by atoms with Crippen LogP contribution in [0.5, 0.6) is 5.75 Å². The van der Waals surface area contributed by atoms with Crippen LogP contribution in [-0.2, 0) is 4.79 Å². The Balaban J connectivity index is 1.62. The van der Waals surface area contributed by atoms with Crippen molar-refractivity contribution < 1.29 is 18.7 Å². The number of hydrogen-bond acceptors (Lipinski definition) is 5. The Hall–Kier alpha value is -2.55. The summed E-state index contributed by atoms with van der Waals surface area (Å²) in [5.41, 5.74) is 3.53. The first-order chi connectivity index (χ1) is 13.3. The smallest absolute Gasteiger partial charge is 0.349 e. The van der Waals surface area contributed by atoms with Gasteiger partial charge < -0.3 is 9.15 Å². The third-order valence-electron chi connectivity index (χ3n) is 3.51. The van der Waals surface area contributed by atoms with Crippen molar-refractivity contribution in [2.75, 3.05) is 6.61 Å². The number of carbonyl (C=O) groups is 2. The molecule has 2 amide bonds. The molecule has 0 fully saturated rings. The first-order valence-corrected chi connectivity index (χ1v) is 9.29. The molecule has 0 saturated heterocycles. The first-order valence-electron chi connectivity index (χ1n) is 7.74. The highest BCUT2D eigenvalue weighted by Gasteiger charge is 2.15. The van der Waals surface area contributed by atoms with Crippen LogP contribution in [0, 0.1) is 0 Å². The average Bonchev–Trinajstić information content (AvgIpc) is 2.65. The number of amides is 2. The molecule has 0 aliphatic carbocycles. The van der Waals surface area contributed by atoms with Gasteiger partial charge in [0.05, 0.1) is 5.02 Å². The van der Waals surface area contributed by atoms with E-state index in [1.807, 2.05) is 0 Å². The summed E-state index contributed by atoms with van der Waals surface area (Å²) in [5, 5.41) is 1.21. The lowest BCUT2D eigenvalue weighted by Crippen LogP contribution is -2.45. The van der Waals surface area contributed by atoms with Crippen LogP contribution in [0.3, 0.4) is 0 Å². The van der Waals surface area contributed by atoms with Gasteiger partial charge in [-0.05, 0) is 42.5 Å². The highest BCUT2D eigenvalue weighted by Crippen LogP contribution is 2.27. The normalized spacial score (nSPS) is 10.5. The van der Waals surface area contributed by atoms with Gasteiger partial charge in [-0.15, -0.1) is 0 Å². The van der Waals surface area contributed by atoms with Gasteiger partial charge in [0, 0.05) is 14.9 Å². The number of carbonyl (C=O) groups excluding carboxylic acids is 2. The number of fused-ring (bicyclic) bond motifs is 1. The van der Waals surface area contributed by atoms with Gasteiger partial charge in [-0.1, -0.05) is 39.1 Å². The molecule has 0 aliphatic heterocycles. The molecule has 2 aromatic carbocycles. The topological polar surface area (TPSA) is 97.6 Å². The molecule has 144 valence electrons. The van der Waals surface area contributed by atoms with Crippen LogP contribution in [-0.4, -0.2) is 18.4 Å². The molecule has 7 nitrogen and oxygen atoms in total. The average molecular weight is 486 g/mol. The van der Waals surface area contributed by atoms with Crippen LogP contribution in [0.1, 0.15) is 10.4 Å². The van der Waals surface area contributed by atoms with Gasteiger partial charge in [0.2, 0.25) is 0 Å². The van der Waals surface area contributed by atoms with Gasteiger partial charge in [0.25, 0.3) is 11.8 Å². The predicted octanol–water partition coefficient (Wildman–Crippen LogP) is 3.70. The molecule has 0 bridgehead atoms. The van der Waals surface area contributed by atoms with Crippen LogP contribution in [0.25, 0.3) is 11.0 Å². The molecule has 3 aromatic rings. The lowest BCUT2D eigenvalue weighted by molar-refractivity contribution is -0.123. The van der Waals surface area contributed by atoms with Crippen molar-refractivity contribution in [3.63, 3.8) is 0 Å². The summed E-state index contributed by atoms with van der Waals surface area (Å²) in [6.07, 6.45) is 0. The molecule has 0 saturated carbocycles. The van der Waals surface area contributed by atoms with Crippen molar-refractivity contribution in [3.8, 4) is 5.75 Å². The standard InChI is InChI=1S/C18H11BrCl2N2O5/c19-10-1-3-14-9(5-10)6-12(18(26)28-14)17(25)23-22-16(24)8-27-15-4-2-11(20)7-13(15)21/h1-7H,8H2,(H,22,24)(H,23,25). The van der Waals surface area contributed by atoms with Crippen LogP contribution in [0.4, 0.5) is 0 Å². The lowest BCUT2D eigenvalue weighted by atomic mass is 10.2. The minimum Gasteiger partial charge on any atom is -0.482 e. The molecule has 0 aliphatic rings. The van der Waals surface area contributed by atoms with Crippen molar-refractivity contribution in [1.29, 1.82) is 0 Å². The molecular weight excluding hydrogens is 475 g/mol. The molecule has 0 radical (unpaired) electrons. The van der Waals surface area contributed by atoms with Gasteiger partial charge in [-0.25, -0.2) is 4.79 Å². The zero-order valence-electron chi connectivity index (χ0n) is 13.9. The summed E-state index contributed by atoms with van der Waals surface area (Å²) in [4.78, 5) is 36.0. The summed E-state index contributed by atoms with van der Waals surface area (Å²) >= 11 is 15.0. The van der Waals surface area contributed by atoms with Crippen LogP contribution >= 0.6 is 39.1 Å². The quantitative estimate of drug-likeness (QED) is 0.433. The van der Waals surface area contributed by atoms with Crippen LogP contribution < -0.4 is 21.2 Å². The van der Waals surface area contributed by atoms with Crippen LogP contribution in [0.2, 0.25) is 10.0 Å². The van der Waals surface area contributed by atoms with Gasteiger partial charge >= 0.3 is 5.63 Å². The van der Waals surface area contributed by atoms with Crippen molar-refractivity contribution in [2.45, 2.75) is 0 Å². The summed E-state index contributed by atoms with van der Waals surface area (Å²) in [7, 11) is 0. The van der Waals surface area contributed by atoms with Crippen molar-refractivity contribution >= 4 is 61.9 Å². The van der Waals surface area contributed by atoms with E-state index >= 15 is 0 Å². The third-order valence-corrected chi connectivity index (χ3v) is 4.53. The van der Waals surface area contributed by atoms with Gasteiger partial charge in [0.1, 0.15) is 16.9 Å². The van der Waals surface area contributed by atoms with Gasteiger partial charge in [0.15, 0.2) is 6.61 Å². The molecule has 3 rings (SSSR count). The number of halogens is 3. The second kappa shape index (κ2) is 8.64. The zero-order valence-corrected chi connectivity index (χ0v) is 17.0. The predicted molar refractivity (Wildman–Crippen MR) is 108 cm³/mol. The van der Waals surface area contributed by atoms with Gasteiger partial charge in [-0.3, -0.25) is 20.4 Å². The van der Waals surface area contributed by atoms with E-state index in [2.05, 4.69) is 26.8 Å². The molecule has 2 N–H and O–H groups in total. The van der Waals surface area contributed by atoms with E-state index in [1.165, 1.54) is 18.2 Å². The third kappa shape index (κ3) is 4.83. The second-order valence-corrected chi connectivity index (χ2v) is 7.25. The van der Waals surface area contributed by atoms with Crippen molar-refractivity contribution in [2.24, 2.45) is 0 Å². The second-order valence-electron chi connectivity index (χ2n) is 5.50. The molecule has 0 unspecified atom stereocenters. The molecule has 0 spiro atoms. The monoisotopic (exact) mass is 484 g/mol. The number of rotatable bonds is 4. The molecule has 10 heteroatoms. The molecule has 0 atom stereocenters. The van der Waals surface area contributed by atoms with E-state index in [0.717, 1.165) is 4.47 Å². The molecule has 1 heterocycles. The summed E-state index contributed by atoms with van der Waals surface area (Å²) < 4.78 is 11.1. The van der Waals surface area contributed by atoms with E-state index in [-0.39, 0.29) is 16.3 Å². The van der Waals surface area contributed by atoms with E-state index in [1.54, 1.807) is 24.3 Å². The molecule has 28 heavy (non-hydrogen) atoms. The fraction of sp³-hybridized carbons (Fsp3) is 0.0556. The Bertz CT molecular complexity index is 1130. The maximum absolute atomic E-state index is 12.2. The molecular formula is C18H11BrCl2N2O5. The largest absolute Gasteiger partial charge is 0.482 e. The number of hydrogen-bond donors (Lipinski definition) is 2. The van der Waals surface area contributed by atoms with E-state index in [4.69, 9.17) is 32.4 Å². The van der Waals surface area contributed by atoms with E-state index in [0.29, 0.717) is 16.0 Å². The summed E-state index contributed by atoms with van der Waals surface area (Å²) in [6.45, 7) is -0.416. The van der Waals surface area contributed by atoms with Crippen molar-refractivity contribution in [1.82, 2.24) is 10.9 Å². The number of ether oxygens (including phenoxy) is 1. The SMILES string of the molecule is O=C(COc1ccc(Cl)cc1Cl)NNC(=O)c1cc2cc(Br)ccc2oc1=O.